The SMILES string of the molecule is CCc1nc2ccccc2n1-c1cccc(-c2cccc(-c3cc(-c4ccccc4)c4c(c3-c3ccccc3)-c3cccc5cccc-4c35)c2)c1. The topological polar surface area (TPSA) is 17.8 Å². The van der Waals surface area contributed by atoms with Gasteiger partial charge in [0.05, 0.1) is 11.0 Å². The molecule has 51 heavy (non-hydrogen) atoms. The van der Waals surface area contributed by atoms with Gasteiger partial charge >= 0.3 is 0 Å². The maximum atomic E-state index is 4.96. The van der Waals surface area contributed by atoms with Crippen LogP contribution in [0.25, 0.3) is 94.3 Å². The van der Waals surface area contributed by atoms with Gasteiger partial charge in [0.15, 0.2) is 0 Å². The summed E-state index contributed by atoms with van der Waals surface area (Å²) in [4.78, 5) is 4.96. The number of hydrogen-bond donors (Lipinski definition) is 0. The molecule has 0 amide bonds. The van der Waals surface area contributed by atoms with Crippen molar-refractivity contribution in [2.75, 3.05) is 0 Å². The molecule has 1 aromatic heterocycles. The van der Waals surface area contributed by atoms with Crippen LogP contribution < -0.4 is 0 Å². The molecule has 0 aliphatic heterocycles. The highest BCUT2D eigenvalue weighted by Gasteiger charge is 2.30. The van der Waals surface area contributed by atoms with E-state index in [2.05, 4.69) is 187 Å². The molecule has 0 fully saturated rings. The Balaban J connectivity index is 1.22. The minimum absolute atomic E-state index is 0.857. The van der Waals surface area contributed by atoms with E-state index in [4.69, 9.17) is 4.98 Å². The number of fused-ring (bicyclic) bond motifs is 4. The van der Waals surface area contributed by atoms with Gasteiger partial charge in [0, 0.05) is 12.1 Å². The number of rotatable bonds is 6. The molecule has 8 aromatic carbocycles. The van der Waals surface area contributed by atoms with Crippen molar-refractivity contribution >= 4 is 21.8 Å². The first kappa shape index (κ1) is 29.4. The summed E-state index contributed by atoms with van der Waals surface area (Å²) < 4.78 is 2.31. The van der Waals surface area contributed by atoms with Crippen LogP contribution in [-0.4, -0.2) is 9.55 Å². The molecule has 0 unspecified atom stereocenters. The Bertz CT molecular complexity index is 2770. The van der Waals surface area contributed by atoms with Crippen molar-refractivity contribution in [1.29, 1.82) is 0 Å². The lowest BCUT2D eigenvalue weighted by molar-refractivity contribution is 0.908. The molecule has 1 heterocycles. The van der Waals surface area contributed by atoms with Crippen LogP contribution in [0.15, 0.2) is 176 Å². The first-order valence-corrected chi connectivity index (χ1v) is 17.8. The highest BCUT2D eigenvalue weighted by molar-refractivity contribution is 6.22. The fraction of sp³-hybridized carbons (Fsp3) is 0.0408. The smallest absolute Gasteiger partial charge is 0.114 e. The van der Waals surface area contributed by atoms with Crippen LogP contribution in [0.3, 0.4) is 0 Å². The van der Waals surface area contributed by atoms with Crippen LogP contribution in [0.1, 0.15) is 12.7 Å². The van der Waals surface area contributed by atoms with Gasteiger partial charge in [-0.25, -0.2) is 4.98 Å². The zero-order valence-electron chi connectivity index (χ0n) is 28.3. The van der Waals surface area contributed by atoms with Crippen LogP contribution in [0.5, 0.6) is 0 Å². The van der Waals surface area contributed by atoms with Crippen molar-refractivity contribution < 1.29 is 0 Å². The van der Waals surface area contributed by atoms with Gasteiger partial charge in [0.1, 0.15) is 5.82 Å². The molecule has 2 nitrogen and oxygen atoms in total. The molecule has 0 saturated heterocycles. The van der Waals surface area contributed by atoms with Crippen molar-refractivity contribution in [2.45, 2.75) is 13.3 Å². The summed E-state index contributed by atoms with van der Waals surface area (Å²) in [6, 6.07) is 64.2. The molecule has 9 aromatic rings. The van der Waals surface area contributed by atoms with E-state index in [1.54, 1.807) is 0 Å². The van der Waals surface area contributed by atoms with E-state index < -0.39 is 0 Å². The first-order valence-electron chi connectivity index (χ1n) is 17.8. The molecule has 10 rings (SSSR count). The van der Waals surface area contributed by atoms with Crippen molar-refractivity contribution in [1.82, 2.24) is 9.55 Å². The Morgan fingerprint density at radius 1 is 0.431 bits per heavy atom. The highest BCUT2D eigenvalue weighted by Crippen LogP contribution is 2.57. The maximum absolute atomic E-state index is 4.96. The third kappa shape index (κ3) is 4.68. The van der Waals surface area contributed by atoms with Crippen molar-refractivity contribution in [2.24, 2.45) is 0 Å². The molecule has 1 aliphatic rings. The van der Waals surface area contributed by atoms with Gasteiger partial charge in [-0.2, -0.15) is 0 Å². The zero-order chi connectivity index (χ0) is 33.9. The third-order valence-electron chi connectivity index (χ3n) is 10.5. The third-order valence-corrected chi connectivity index (χ3v) is 10.5. The Hall–Kier alpha value is -6.51. The summed E-state index contributed by atoms with van der Waals surface area (Å²) in [5, 5.41) is 2.62. The van der Waals surface area contributed by atoms with Gasteiger partial charge in [-0.3, -0.25) is 4.57 Å². The van der Waals surface area contributed by atoms with E-state index in [9.17, 15) is 0 Å². The standard InChI is InChI=1S/C49H34N2/c1-2-45-50-43-27-9-10-28-44(43)51(45)38-24-12-22-36(30-38)35-21-11-23-37(29-35)42-31-41(32-15-5-3-6-16-32)48-39-25-13-19-33-20-14-26-40(46(33)39)49(48)47(42)34-17-7-4-8-18-34/h3-31H,2H2,1H3. The van der Waals surface area contributed by atoms with Gasteiger partial charge in [-0.05, 0) is 114 Å². The number of aryl methyl sites for hydroxylation is 1. The largest absolute Gasteiger partial charge is 0.296 e. The van der Waals surface area contributed by atoms with E-state index in [0.29, 0.717) is 0 Å². The highest BCUT2D eigenvalue weighted by atomic mass is 15.1. The molecule has 0 N–H and O–H groups in total. The summed E-state index contributed by atoms with van der Waals surface area (Å²) in [6.07, 6.45) is 0.857. The summed E-state index contributed by atoms with van der Waals surface area (Å²) in [5.41, 5.74) is 18.3. The fourth-order valence-electron chi connectivity index (χ4n) is 8.26. The zero-order valence-corrected chi connectivity index (χ0v) is 28.3. The van der Waals surface area contributed by atoms with Crippen LogP contribution in [0.4, 0.5) is 0 Å². The molecule has 0 atom stereocenters. The first-order chi connectivity index (χ1) is 25.3. The number of para-hydroxylation sites is 2. The summed E-state index contributed by atoms with van der Waals surface area (Å²) in [6.45, 7) is 2.18. The minimum atomic E-state index is 0.857. The lowest BCUT2D eigenvalue weighted by Gasteiger charge is -2.21. The second-order valence-corrected chi connectivity index (χ2v) is 13.4. The van der Waals surface area contributed by atoms with Crippen LogP contribution in [0, 0.1) is 0 Å². The van der Waals surface area contributed by atoms with Crippen molar-refractivity contribution in [3.8, 4) is 72.4 Å². The van der Waals surface area contributed by atoms with E-state index in [-0.39, 0.29) is 0 Å². The number of aromatic nitrogens is 2. The molecule has 0 saturated carbocycles. The van der Waals surface area contributed by atoms with E-state index in [1.165, 1.54) is 77.5 Å². The van der Waals surface area contributed by atoms with Gasteiger partial charge in [-0.15, -0.1) is 0 Å². The Kier molecular flexibility index (Phi) is 6.82. The summed E-state index contributed by atoms with van der Waals surface area (Å²) in [7, 11) is 0. The summed E-state index contributed by atoms with van der Waals surface area (Å²) >= 11 is 0. The van der Waals surface area contributed by atoms with Gasteiger partial charge in [0.25, 0.3) is 0 Å². The molecule has 240 valence electrons. The van der Waals surface area contributed by atoms with Crippen LogP contribution in [0.2, 0.25) is 0 Å². The molecular weight excluding hydrogens is 617 g/mol. The quantitative estimate of drug-likeness (QED) is 0.175. The van der Waals surface area contributed by atoms with Crippen molar-refractivity contribution in [3.05, 3.63) is 182 Å². The van der Waals surface area contributed by atoms with Gasteiger partial charge < -0.3 is 0 Å². The molecule has 1 aliphatic carbocycles. The average Bonchev–Trinajstić information content (AvgIpc) is 3.75. The molecular formula is C49H34N2. The Morgan fingerprint density at radius 3 is 1.78 bits per heavy atom. The molecule has 0 spiro atoms. The number of imidazole rings is 1. The number of nitrogens with zero attached hydrogens (tertiary/aromatic N) is 2. The fourth-order valence-corrected chi connectivity index (χ4v) is 8.26. The molecule has 0 radical (unpaired) electrons. The van der Waals surface area contributed by atoms with E-state index >= 15 is 0 Å². The summed E-state index contributed by atoms with van der Waals surface area (Å²) in [5.74, 6) is 1.07. The predicted octanol–water partition coefficient (Wildman–Crippen LogP) is 13.1. The maximum Gasteiger partial charge on any atom is 0.114 e. The molecule has 0 bridgehead atoms. The number of hydrogen-bond acceptors (Lipinski definition) is 1. The minimum Gasteiger partial charge on any atom is -0.296 e. The monoisotopic (exact) mass is 650 g/mol. The Labute approximate surface area is 298 Å². The van der Waals surface area contributed by atoms with E-state index in [1.807, 2.05) is 0 Å². The normalized spacial score (nSPS) is 11.7. The second-order valence-electron chi connectivity index (χ2n) is 13.4. The average molecular weight is 651 g/mol. The van der Waals surface area contributed by atoms with Crippen LogP contribution in [-0.2, 0) is 6.42 Å². The van der Waals surface area contributed by atoms with Gasteiger partial charge in [-0.1, -0.05) is 146 Å². The lowest BCUT2D eigenvalue weighted by Crippen LogP contribution is -2.00. The van der Waals surface area contributed by atoms with Crippen molar-refractivity contribution in [3.63, 3.8) is 0 Å². The number of benzene rings is 8. The predicted molar refractivity (Wildman–Crippen MR) is 214 cm³/mol. The molecule has 2 heteroatoms. The lowest BCUT2D eigenvalue weighted by atomic mass is 9.82. The Morgan fingerprint density at radius 2 is 1.02 bits per heavy atom. The van der Waals surface area contributed by atoms with E-state index in [0.717, 1.165) is 29.0 Å². The second kappa shape index (κ2) is 11.8. The van der Waals surface area contributed by atoms with Gasteiger partial charge in [0.2, 0.25) is 0 Å². The van der Waals surface area contributed by atoms with Crippen LogP contribution >= 0.6 is 0 Å².